The monoisotopic (exact) mass is 330 g/mol. The van der Waals surface area contributed by atoms with Gasteiger partial charge >= 0.3 is 0 Å². The molecule has 100 valence electrons. The molecule has 2 nitrogen and oxygen atoms in total. The summed E-state index contributed by atoms with van der Waals surface area (Å²) in [4.78, 5) is 0.260. The third-order valence-electron chi connectivity index (χ3n) is 3.70. The summed E-state index contributed by atoms with van der Waals surface area (Å²) in [5.41, 5.74) is 3.86. The fourth-order valence-electron chi connectivity index (χ4n) is 2.51. The number of halogens is 1. The van der Waals surface area contributed by atoms with Crippen molar-refractivity contribution in [2.75, 3.05) is 11.5 Å². The molecule has 2 atom stereocenters. The Labute approximate surface area is 118 Å². The lowest BCUT2D eigenvalue weighted by Crippen LogP contribution is -2.18. The Balaban J connectivity index is 2.08. The molecule has 0 bridgehead atoms. The van der Waals surface area contributed by atoms with Crippen LogP contribution in [0.3, 0.4) is 0 Å². The molecule has 0 spiro atoms. The molecule has 1 aromatic rings. The number of benzene rings is 1. The molecule has 1 aliphatic heterocycles. The highest BCUT2D eigenvalue weighted by Crippen LogP contribution is 2.29. The highest BCUT2D eigenvalue weighted by molar-refractivity contribution is 9.09. The molecule has 0 aliphatic carbocycles. The van der Waals surface area contributed by atoms with E-state index in [1.807, 2.05) is 0 Å². The van der Waals surface area contributed by atoms with Crippen LogP contribution < -0.4 is 0 Å². The van der Waals surface area contributed by atoms with Crippen molar-refractivity contribution < 1.29 is 8.42 Å². The molecule has 1 aromatic carbocycles. The van der Waals surface area contributed by atoms with Gasteiger partial charge in [0.1, 0.15) is 0 Å². The molecule has 1 saturated heterocycles. The van der Waals surface area contributed by atoms with E-state index >= 15 is 0 Å². The summed E-state index contributed by atoms with van der Waals surface area (Å²) in [6.45, 7) is 4.20. The first-order valence-corrected chi connectivity index (χ1v) is 9.02. The van der Waals surface area contributed by atoms with Crippen molar-refractivity contribution in [2.24, 2.45) is 5.92 Å². The van der Waals surface area contributed by atoms with E-state index in [0.29, 0.717) is 11.5 Å². The van der Waals surface area contributed by atoms with Crippen molar-refractivity contribution in [3.8, 4) is 0 Å². The standard InChI is InChI=1S/C14H19BrO2S/c1-10-3-4-11(2)13(7-10)8-14(15)12-5-6-18(16,17)9-12/h3-4,7,12,14H,5-6,8-9H2,1-2H3. The van der Waals surface area contributed by atoms with Gasteiger partial charge in [0.2, 0.25) is 0 Å². The number of sulfone groups is 1. The summed E-state index contributed by atoms with van der Waals surface area (Å²) >= 11 is 3.69. The second-order valence-electron chi connectivity index (χ2n) is 5.31. The summed E-state index contributed by atoms with van der Waals surface area (Å²) in [7, 11) is -2.78. The lowest BCUT2D eigenvalue weighted by Gasteiger charge is -2.17. The zero-order valence-electron chi connectivity index (χ0n) is 10.8. The van der Waals surface area contributed by atoms with Crippen LogP contribution in [0, 0.1) is 19.8 Å². The summed E-state index contributed by atoms with van der Waals surface area (Å²) < 4.78 is 23.0. The summed E-state index contributed by atoms with van der Waals surface area (Å²) in [5, 5.41) is 0. The minimum atomic E-state index is -2.78. The second kappa shape index (κ2) is 5.33. The fourth-order valence-corrected chi connectivity index (χ4v) is 5.43. The van der Waals surface area contributed by atoms with Crippen LogP contribution in [0.1, 0.15) is 23.1 Å². The highest BCUT2D eigenvalue weighted by atomic mass is 79.9. The molecule has 0 aromatic heterocycles. The van der Waals surface area contributed by atoms with E-state index in [4.69, 9.17) is 0 Å². The van der Waals surface area contributed by atoms with Gasteiger partial charge in [-0.2, -0.15) is 0 Å². The van der Waals surface area contributed by atoms with Crippen LogP contribution in [-0.2, 0) is 16.3 Å². The quantitative estimate of drug-likeness (QED) is 0.798. The Morgan fingerprint density at radius 1 is 1.39 bits per heavy atom. The molecule has 0 amide bonds. The molecule has 2 unspecified atom stereocenters. The first-order chi connectivity index (χ1) is 8.37. The third kappa shape index (κ3) is 3.35. The number of rotatable bonds is 3. The number of aryl methyl sites for hydroxylation is 2. The number of hydrogen-bond acceptors (Lipinski definition) is 2. The molecule has 4 heteroatoms. The maximum Gasteiger partial charge on any atom is 0.150 e. The van der Waals surface area contributed by atoms with Gasteiger partial charge in [-0.3, -0.25) is 0 Å². The van der Waals surface area contributed by atoms with Crippen LogP contribution in [-0.4, -0.2) is 24.8 Å². The normalized spacial score (nSPS) is 24.1. The van der Waals surface area contributed by atoms with E-state index < -0.39 is 9.84 Å². The highest BCUT2D eigenvalue weighted by Gasteiger charge is 2.32. The smallest absolute Gasteiger partial charge is 0.150 e. The van der Waals surface area contributed by atoms with E-state index in [9.17, 15) is 8.42 Å². The van der Waals surface area contributed by atoms with Gasteiger partial charge in [-0.15, -0.1) is 0 Å². The number of alkyl halides is 1. The van der Waals surface area contributed by atoms with Crippen LogP contribution >= 0.6 is 15.9 Å². The van der Waals surface area contributed by atoms with Gasteiger partial charge in [0, 0.05) is 4.83 Å². The molecule has 0 saturated carbocycles. The van der Waals surface area contributed by atoms with Crippen molar-refractivity contribution in [1.29, 1.82) is 0 Å². The average molecular weight is 331 g/mol. The molecule has 18 heavy (non-hydrogen) atoms. The predicted molar refractivity (Wildman–Crippen MR) is 79.1 cm³/mol. The topological polar surface area (TPSA) is 34.1 Å². The third-order valence-corrected chi connectivity index (χ3v) is 6.56. The van der Waals surface area contributed by atoms with Crippen LogP contribution in [0.2, 0.25) is 0 Å². The minimum Gasteiger partial charge on any atom is -0.229 e. The van der Waals surface area contributed by atoms with Gasteiger partial charge in [0.25, 0.3) is 0 Å². The van der Waals surface area contributed by atoms with Crippen molar-refractivity contribution >= 4 is 25.8 Å². The Bertz CT molecular complexity index is 537. The van der Waals surface area contributed by atoms with Crippen LogP contribution in [0.15, 0.2) is 18.2 Å². The Morgan fingerprint density at radius 3 is 2.72 bits per heavy atom. The number of hydrogen-bond donors (Lipinski definition) is 0. The van der Waals surface area contributed by atoms with Crippen LogP contribution in [0.4, 0.5) is 0 Å². The molecule has 0 radical (unpaired) electrons. The van der Waals surface area contributed by atoms with Crippen molar-refractivity contribution in [2.45, 2.75) is 31.5 Å². The Hall–Kier alpha value is -0.350. The SMILES string of the molecule is Cc1ccc(C)c(CC(Br)C2CCS(=O)(=O)C2)c1. The lowest BCUT2D eigenvalue weighted by molar-refractivity contribution is 0.563. The largest absolute Gasteiger partial charge is 0.229 e. The summed E-state index contributed by atoms with van der Waals surface area (Å²) in [6.07, 6.45) is 1.71. The van der Waals surface area contributed by atoms with Crippen molar-refractivity contribution in [3.63, 3.8) is 0 Å². The molecule has 0 N–H and O–H groups in total. The van der Waals surface area contributed by atoms with Crippen molar-refractivity contribution in [3.05, 3.63) is 34.9 Å². The summed E-state index contributed by atoms with van der Waals surface area (Å²) in [6, 6.07) is 6.45. The lowest BCUT2D eigenvalue weighted by atomic mass is 9.95. The molecular formula is C14H19BrO2S. The zero-order chi connectivity index (χ0) is 13.3. The van der Waals surface area contributed by atoms with E-state index in [-0.39, 0.29) is 10.7 Å². The van der Waals surface area contributed by atoms with Gasteiger partial charge in [-0.25, -0.2) is 8.42 Å². The predicted octanol–water partition coefficient (Wildman–Crippen LogP) is 3.04. The molecule has 2 rings (SSSR count). The first kappa shape index (κ1) is 14.1. The van der Waals surface area contributed by atoms with Crippen LogP contribution in [0.25, 0.3) is 0 Å². The van der Waals surface area contributed by atoms with Crippen LogP contribution in [0.5, 0.6) is 0 Å². The molecular weight excluding hydrogens is 312 g/mol. The fraction of sp³-hybridized carbons (Fsp3) is 0.571. The van der Waals surface area contributed by atoms with Crippen molar-refractivity contribution in [1.82, 2.24) is 0 Å². The second-order valence-corrected chi connectivity index (χ2v) is 8.72. The Kier molecular flexibility index (Phi) is 4.17. The average Bonchev–Trinajstić information content (AvgIpc) is 2.64. The van der Waals surface area contributed by atoms with Gasteiger partial charge < -0.3 is 0 Å². The molecule has 1 heterocycles. The van der Waals surface area contributed by atoms with Gasteiger partial charge in [-0.05, 0) is 43.7 Å². The zero-order valence-corrected chi connectivity index (χ0v) is 13.2. The van der Waals surface area contributed by atoms with E-state index in [1.54, 1.807) is 0 Å². The maximum atomic E-state index is 11.5. The maximum absolute atomic E-state index is 11.5. The first-order valence-electron chi connectivity index (χ1n) is 6.28. The van der Waals surface area contributed by atoms with E-state index in [0.717, 1.165) is 12.8 Å². The van der Waals surface area contributed by atoms with E-state index in [1.165, 1.54) is 16.7 Å². The Morgan fingerprint density at radius 2 is 2.11 bits per heavy atom. The van der Waals surface area contributed by atoms with E-state index in [2.05, 4.69) is 48.0 Å². The van der Waals surface area contributed by atoms with Gasteiger partial charge in [0.05, 0.1) is 11.5 Å². The summed E-state index contributed by atoms with van der Waals surface area (Å²) in [5.74, 6) is 0.954. The molecule has 1 fully saturated rings. The van der Waals surface area contributed by atoms with Gasteiger partial charge in [0.15, 0.2) is 9.84 Å². The van der Waals surface area contributed by atoms with Gasteiger partial charge in [-0.1, -0.05) is 39.7 Å². The molecule has 1 aliphatic rings. The minimum absolute atomic E-state index is 0.259.